The summed E-state index contributed by atoms with van der Waals surface area (Å²) in [6, 6.07) is 7.38. The van der Waals surface area contributed by atoms with Gasteiger partial charge in [0.05, 0.1) is 6.10 Å². The Morgan fingerprint density at radius 3 is 2.71 bits per heavy atom. The number of H-pyrrole nitrogens is 1. The number of aryl methyl sites for hydroxylation is 1. The fourth-order valence-corrected chi connectivity index (χ4v) is 2.51. The summed E-state index contributed by atoms with van der Waals surface area (Å²) in [6.07, 6.45) is 2.41. The molecule has 0 unspecified atom stereocenters. The molecule has 28 heavy (non-hydrogen) atoms. The van der Waals surface area contributed by atoms with Gasteiger partial charge in [-0.05, 0) is 37.8 Å². The molecule has 0 aliphatic carbocycles. The Bertz CT molecular complexity index is 832. The number of aromatic amines is 1. The number of carbonyl (C=O) groups excluding carboxylic acids is 1. The van der Waals surface area contributed by atoms with E-state index in [0.29, 0.717) is 18.3 Å². The van der Waals surface area contributed by atoms with E-state index in [1.807, 2.05) is 31.2 Å². The van der Waals surface area contributed by atoms with Gasteiger partial charge in [-0.3, -0.25) is 9.59 Å². The number of hydrogen-bond donors (Lipinski definition) is 2. The maximum atomic E-state index is 12.3. The van der Waals surface area contributed by atoms with Crippen molar-refractivity contribution in [3.8, 4) is 17.1 Å². The number of benzene rings is 1. The van der Waals surface area contributed by atoms with Crippen LogP contribution in [0.4, 0.5) is 0 Å². The molecule has 0 aliphatic rings. The third-order valence-electron chi connectivity index (χ3n) is 4.42. The minimum absolute atomic E-state index is 0.0826. The van der Waals surface area contributed by atoms with Gasteiger partial charge < -0.3 is 15.0 Å². The van der Waals surface area contributed by atoms with Gasteiger partial charge in [0.1, 0.15) is 11.4 Å². The summed E-state index contributed by atoms with van der Waals surface area (Å²) >= 11 is 0. The van der Waals surface area contributed by atoms with Crippen LogP contribution in [0, 0.1) is 5.92 Å². The summed E-state index contributed by atoms with van der Waals surface area (Å²) in [5.74, 6) is 1.55. The Kier molecular flexibility index (Phi) is 8.17. The number of ether oxygens (including phenoxy) is 1. The topological polar surface area (TPSA) is 97.0 Å². The van der Waals surface area contributed by atoms with E-state index in [2.05, 4.69) is 41.3 Å². The Morgan fingerprint density at radius 1 is 1.25 bits per heavy atom. The van der Waals surface area contributed by atoms with Crippen molar-refractivity contribution in [1.29, 1.82) is 0 Å². The van der Waals surface area contributed by atoms with Crippen molar-refractivity contribution < 1.29 is 9.53 Å². The Morgan fingerprint density at radius 2 is 2.04 bits per heavy atom. The lowest BCUT2D eigenvalue weighted by Crippen LogP contribution is -2.27. The van der Waals surface area contributed by atoms with Crippen molar-refractivity contribution in [3.63, 3.8) is 0 Å². The number of carbonyl (C=O) groups is 1. The van der Waals surface area contributed by atoms with Gasteiger partial charge in [-0.1, -0.05) is 32.9 Å². The predicted molar refractivity (Wildman–Crippen MR) is 109 cm³/mol. The molecule has 1 amide bonds. The molecular formula is C21H30N4O3. The fourth-order valence-electron chi connectivity index (χ4n) is 2.51. The number of nitrogens with zero attached hydrogens (tertiary/aromatic N) is 2. The lowest BCUT2D eigenvalue weighted by molar-refractivity contribution is -0.121. The minimum Gasteiger partial charge on any atom is -0.491 e. The first-order chi connectivity index (χ1) is 13.4. The number of rotatable bonds is 10. The highest BCUT2D eigenvalue weighted by Gasteiger charge is 2.10. The highest BCUT2D eigenvalue weighted by atomic mass is 16.5. The second-order valence-corrected chi connectivity index (χ2v) is 7.35. The molecule has 2 aromatic rings. The van der Waals surface area contributed by atoms with Crippen LogP contribution in [0.25, 0.3) is 11.4 Å². The highest BCUT2D eigenvalue weighted by molar-refractivity contribution is 5.76. The molecule has 1 aromatic carbocycles. The molecule has 0 radical (unpaired) electrons. The van der Waals surface area contributed by atoms with Crippen LogP contribution in [-0.2, 0) is 11.2 Å². The van der Waals surface area contributed by atoms with Crippen LogP contribution in [0.2, 0.25) is 0 Å². The molecular weight excluding hydrogens is 356 g/mol. The van der Waals surface area contributed by atoms with Gasteiger partial charge in [0.25, 0.3) is 5.56 Å². The minimum atomic E-state index is -0.326. The summed E-state index contributed by atoms with van der Waals surface area (Å²) in [5, 5.41) is 11.0. The molecule has 0 saturated heterocycles. The third kappa shape index (κ3) is 6.79. The molecule has 1 heterocycles. The van der Waals surface area contributed by atoms with Crippen molar-refractivity contribution >= 4 is 5.91 Å². The van der Waals surface area contributed by atoms with Crippen LogP contribution in [0.15, 0.2) is 29.1 Å². The first-order valence-corrected chi connectivity index (χ1v) is 9.88. The Hall–Kier alpha value is -2.70. The van der Waals surface area contributed by atoms with E-state index in [0.717, 1.165) is 24.2 Å². The van der Waals surface area contributed by atoms with E-state index in [1.54, 1.807) is 0 Å². The maximum absolute atomic E-state index is 12.3. The largest absolute Gasteiger partial charge is 0.491 e. The Balaban J connectivity index is 1.99. The monoisotopic (exact) mass is 386 g/mol. The lowest BCUT2D eigenvalue weighted by atomic mass is 10.1. The average Bonchev–Trinajstić information content (AvgIpc) is 2.66. The van der Waals surface area contributed by atoms with E-state index in [-0.39, 0.29) is 36.1 Å². The van der Waals surface area contributed by atoms with Crippen molar-refractivity contribution in [2.75, 3.05) is 6.54 Å². The summed E-state index contributed by atoms with van der Waals surface area (Å²) < 4.78 is 5.81. The van der Waals surface area contributed by atoms with E-state index in [1.165, 1.54) is 0 Å². The van der Waals surface area contributed by atoms with Crippen LogP contribution >= 0.6 is 0 Å². The number of aromatic nitrogens is 3. The van der Waals surface area contributed by atoms with Crippen molar-refractivity contribution in [1.82, 2.24) is 20.5 Å². The van der Waals surface area contributed by atoms with Crippen LogP contribution < -0.4 is 15.6 Å². The molecule has 0 aliphatic heterocycles. The molecule has 2 rings (SSSR count). The van der Waals surface area contributed by atoms with E-state index < -0.39 is 0 Å². The van der Waals surface area contributed by atoms with Gasteiger partial charge in [0, 0.05) is 24.9 Å². The molecule has 1 aromatic heterocycles. The SMILES string of the molecule is CC[C@@H](C)Oc1cccc(-c2nnc(CCC(=O)NCCC(C)C)c(=O)[nH]2)c1. The standard InChI is InChI=1S/C21H30N4O3/c1-5-15(4)28-17-8-6-7-16(13-17)20-23-21(27)18(24-25-20)9-10-19(26)22-12-11-14(2)3/h6-8,13-15H,5,9-12H2,1-4H3,(H,22,26)(H,23,25,27)/t15-/m1/s1. The van der Waals surface area contributed by atoms with Crippen molar-refractivity contribution in [2.24, 2.45) is 5.92 Å². The van der Waals surface area contributed by atoms with Crippen LogP contribution in [0.5, 0.6) is 5.75 Å². The highest BCUT2D eigenvalue weighted by Crippen LogP contribution is 2.21. The smallest absolute Gasteiger partial charge is 0.273 e. The quantitative estimate of drug-likeness (QED) is 0.654. The van der Waals surface area contributed by atoms with Crippen LogP contribution in [0.1, 0.15) is 52.7 Å². The average molecular weight is 386 g/mol. The van der Waals surface area contributed by atoms with Crippen molar-refractivity contribution in [3.05, 3.63) is 40.3 Å². The van der Waals surface area contributed by atoms with E-state index >= 15 is 0 Å². The second-order valence-electron chi connectivity index (χ2n) is 7.35. The molecule has 0 bridgehead atoms. The molecule has 1 atom stereocenters. The number of amides is 1. The van der Waals surface area contributed by atoms with Gasteiger partial charge in [0.2, 0.25) is 5.91 Å². The fraction of sp³-hybridized carbons (Fsp3) is 0.524. The number of nitrogens with one attached hydrogen (secondary N) is 2. The lowest BCUT2D eigenvalue weighted by Gasteiger charge is -2.13. The number of hydrogen-bond acceptors (Lipinski definition) is 5. The van der Waals surface area contributed by atoms with Gasteiger partial charge >= 0.3 is 0 Å². The van der Waals surface area contributed by atoms with Gasteiger partial charge in [0.15, 0.2) is 5.82 Å². The summed E-state index contributed by atoms with van der Waals surface area (Å²) in [7, 11) is 0. The maximum Gasteiger partial charge on any atom is 0.273 e. The molecule has 7 nitrogen and oxygen atoms in total. The first-order valence-electron chi connectivity index (χ1n) is 9.88. The molecule has 7 heteroatoms. The van der Waals surface area contributed by atoms with E-state index in [4.69, 9.17) is 4.74 Å². The molecule has 0 spiro atoms. The second kappa shape index (κ2) is 10.6. The first kappa shape index (κ1) is 21.6. The molecule has 2 N–H and O–H groups in total. The molecule has 0 fully saturated rings. The normalized spacial score (nSPS) is 12.0. The molecule has 152 valence electrons. The zero-order valence-electron chi connectivity index (χ0n) is 17.1. The molecule has 0 saturated carbocycles. The van der Waals surface area contributed by atoms with E-state index in [9.17, 15) is 9.59 Å². The van der Waals surface area contributed by atoms with Crippen LogP contribution in [0.3, 0.4) is 0 Å². The summed E-state index contributed by atoms with van der Waals surface area (Å²) in [6.45, 7) is 8.92. The van der Waals surface area contributed by atoms with Gasteiger partial charge in [-0.15, -0.1) is 10.2 Å². The van der Waals surface area contributed by atoms with Crippen LogP contribution in [-0.4, -0.2) is 33.7 Å². The third-order valence-corrected chi connectivity index (χ3v) is 4.42. The summed E-state index contributed by atoms with van der Waals surface area (Å²) in [4.78, 5) is 26.9. The predicted octanol–water partition coefficient (Wildman–Crippen LogP) is 3.10. The van der Waals surface area contributed by atoms with Gasteiger partial charge in [-0.2, -0.15) is 0 Å². The zero-order chi connectivity index (χ0) is 20.5. The Labute approximate surface area is 165 Å². The van der Waals surface area contributed by atoms with Gasteiger partial charge in [-0.25, -0.2) is 0 Å². The summed E-state index contributed by atoms with van der Waals surface area (Å²) in [5.41, 5.74) is 0.659. The zero-order valence-corrected chi connectivity index (χ0v) is 17.1. The van der Waals surface area contributed by atoms with Crippen molar-refractivity contribution in [2.45, 2.75) is 59.5 Å².